The van der Waals surface area contributed by atoms with Crippen LogP contribution in [0.1, 0.15) is 34.9 Å². The van der Waals surface area contributed by atoms with E-state index in [9.17, 15) is 18.0 Å². The van der Waals surface area contributed by atoms with Crippen LogP contribution in [0.3, 0.4) is 0 Å². The molecule has 22 heavy (non-hydrogen) atoms. The molecule has 0 spiro atoms. The highest BCUT2D eigenvalue weighted by Gasteiger charge is 2.33. The molecular weight excluding hydrogens is 304 g/mol. The van der Waals surface area contributed by atoms with E-state index in [4.69, 9.17) is 0 Å². The zero-order valence-electron chi connectivity index (χ0n) is 11.8. The fourth-order valence-electron chi connectivity index (χ4n) is 3.06. The van der Waals surface area contributed by atoms with E-state index in [2.05, 4.69) is 0 Å². The molecule has 7 heteroatoms. The lowest BCUT2D eigenvalue weighted by Gasteiger charge is -2.13. The van der Waals surface area contributed by atoms with Crippen molar-refractivity contribution in [2.75, 3.05) is 0 Å². The Kier molecular flexibility index (Phi) is 3.98. The lowest BCUT2D eigenvalue weighted by molar-refractivity contribution is -0.120. The van der Waals surface area contributed by atoms with Crippen LogP contribution in [-0.2, 0) is 22.2 Å². The number of hydrogen-bond donors (Lipinski definition) is 2. The van der Waals surface area contributed by atoms with E-state index in [0.717, 1.165) is 0 Å². The van der Waals surface area contributed by atoms with Gasteiger partial charge in [-0.2, -0.15) is 0 Å². The number of amides is 1. The molecule has 1 aliphatic heterocycles. The van der Waals surface area contributed by atoms with Gasteiger partial charge in [0.2, 0.25) is 16.8 Å². The van der Waals surface area contributed by atoms with Crippen molar-refractivity contribution < 1.29 is 18.0 Å². The minimum Gasteiger partial charge on any atom is -0.341 e. The average molecular weight is 320 g/mol. The second kappa shape index (κ2) is 5.92. The summed E-state index contributed by atoms with van der Waals surface area (Å²) < 4.78 is 25.0. The summed E-state index contributed by atoms with van der Waals surface area (Å²) in [5, 5.41) is 0. The first-order chi connectivity index (χ1) is 10.6. The van der Waals surface area contributed by atoms with E-state index >= 15 is 0 Å². The van der Waals surface area contributed by atoms with Crippen molar-refractivity contribution in [3.63, 3.8) is 0 Å². The van der Waals surface area contributed by atoms with E-state index in [0.29, 0.717) is 30.8 Å². The number of carbonyl (C=O) groups is 2. The van der Waals surface area contributed by atoms with Gasteiger partial charge in [-0.15, -0.1) is 0 Å². The number of aromatic nitrogens is 1. The maximum Gasteiger partial charge on any atom is 0.242 e. The van der Waals surface area contributed by atoms with Crippen molar-refractivity contribution in [1.29, 1.82) is 0 Å². The lowest BCUT2D eigenvalue weighted by atomic mass is 9.94. The summed E-state index contributed by atoms with van der Waals surface area (Å²) in [6.07, 6.45) is 8.79. The van der Waals surface area contributed by atoms with Crippen LogP contribution in [0.4, 0.5) is 0 Å². The molecule has 2 atom stereocenters. The summed E-state index contributed by atoms with van der Waals surface area (Å²) in [7, 11) is -2.95. The Hall–Kier alpha value is -2.15. The Labute approximate surface area is 129 Å². The maximum atomic E-state index is 12.6. The molecule has 1 amide bonds. The highest BCUT2D eigenvalue weighted by molar-refractivity contribution is 7.71. The zero-order chi connectivity index (χ0) is 15.7. The second-order valence-electron chi connectivity index (χ2n) is 5.39. The molecule has 1 N–H and O–H groups in total. The van der Waals surface area contributed by atoms with E-state index < -0.39 is 22.7 Å². The van der Waals surface area contributed by atoms with Gasteiger partial charge in [-0.1, -0.05) is 24.3 Å². The number of hydrogen-bond acceptors (Lipinski definition) is 4. The molecule has 0 aromatic carbocycles. The predicted molar refractivity (Wildman–Crippen MR) is 81.0 cm³/mol. The first kappa shape index (κ1) is 14.8. The molecule has 1 aromatic heterocycles. The van der Waals surface area contributed by atoms with Crippen LogP contribution in [0.25, 0.3) is 0 Å². The van der Waals surface area contributed by atoms with E-state index in [1.807, 2.05) is 33.6 Å². The topological polar surface area (TPSA) is 85.2 Å². The summed E-state index contributed by atoms with van der Waals surface area (Å²) >= 11 is 0. The lowest BCUT2D eigenvalue weighted by Crippen LogP contribution is -2.26. The Morgan fingerprint density at radius 1 is 1.23 bits per heavy atom. The molecule has 2 aliphatic rings. The van der Waals surface area contributed by atoms with Gasteiger partial charge in [-0.25, -0.2) is 8.42 Å². The Morgan fingerprint density at radius 2 is 2.05 bits per heavy atom. The van der Waals surface area contributed by atoms with Crippen molar-refractivity contribution in [3.8, 4) is 0 Å². The maximum absolute atomic E-state index is 12.6. The number of allylic oxidation sites excluding steroid dienone is 4. The Morgan fingerprint density at radius 3 is 2.73 bits per heavy atom. The molecule has 0 bridgehead atoms. The predicted octanol–water partition coefficient (Wildman–Crippen LogP) is 0.933. The van der Waals surface area contributed by atoms with Crippen molar-refractivity contribution >= 4 is 22.6 Å². The van der Waals surface area contributed by atoms with Gasteiger partial charge >= 0.3 is 0 Å². The quantitative estimate of drug-likeness (QED) is 0.638. The van der Waals surface area contributed by atoms with Gasteiger partial charge in [0.05, 0.1) is 11.6 Å². The summed E-state index contributed by atoms with van der Waals surface area (Å²) in [4.78, 5) is 24.5. The molecule has 1 aromatic rings. The largest absolute Gasteiger partial charge is 0.341 e. The third kappa shape index (κ3) is 2.64. The molecule has 0 radical (unpaired) electrons. The Bertz CT molecular complexity index is 750. The third-order valence-corrected chi connectivity index (χ3v) is 4.50. The highest BCUT2D eigenvalue weighted by atomic mass is 32.2. The van der Waals surface area contributed by atoms with Gasteiger partial charge < -0.3 is 4.57 Å². The van der Waals surface area contributed by atoms with Crippen LogP contribution < -0.4 is 4.72 Å². The van der Waals surface area contributed by atoms with Crippen molar-refractivity contribution in [3.05, 3.63) is 47.8 Å². The van der Waals surface area contributed by atoms with Gasteiger partial charge in [0.15, 0.2) is 5.78 Å². The number of thiol groups is 1. The summed E-state index contributed by atoms with van der Waals surface area (Å²) in [5.74, 6) is -1.19. The van der Waals surface area contributed by atoms with Gasteiger partial charge in [0, 0.05) is 18.2 Å². The minimum absolute atomic E-state index is 0.0304. The number of nitrogens with zero attached hydrogens (tertiary/aromatic N) is 1. The molecule has 3 rings (SSSR count). The molecule has 0 saturated heterocycles. The third-order valence-electron chi connectivity index (χ3n) is 4.10. The Balaban J connectivity index is 1.83. The normalized spacial score (nSPS) is 22.8. The zero-order valence-corrected chi connectivity index (χ0v) is 12.7. The van der Waals surface area contributed by atoms with Crippen molar-refractivity contribution in [2.24, 2.45) is 5.92 Å². The fourth-order valence-corrected chi connectivity index (χ4v) is 3.39. The standard InChI is InChI=1S/C15H16N2O4S/c18-14(10-4-2-1-3-5-10)13-7-6-12-11(8-9-17(12)13)15(19)16-22(20)21/h1-4,6-7,10-11,22H,5,8-9H2,(H,16,19,20,21)/t10-,11?/m0/s1. The molecule has 0 saturated carbocycles. The van der Waals surface area contributed by atoms with E-state index in [1.54, 1.807) is 12.1 Å². The van der Waals surface area contributed by atoms with Crippen LogP contribution in [-0.4, -0.2) is 24.7 Å². The number of ketones is 1. The molecule has 0 fully saturated rings. The monoisotopic (exact) mass is 320 g/mol. The SMILES string of the molecule is O=C(N[SH](=O)=O)C1CCn2c(C(=O)[C@H]3C=CC=CC3)ccc21. The molecule has 2 heterocycles. The molecule has 116 valence electrons. The van der Waals surface area contributed by atoms with Crippen LogP contribution in [0.2, 0.25) is 0 Å². The highest BCUT2D eigenvalue weighted by Crippen LogP contribution is 2.32. The summed E-state index contributed by atoms with van der Waals surface area (Å²) in [6.45, 7) is 0.545. The van der Waals surface area contributed by atoms with Crippen LogP contribution >= 0.6 is 0 Å². The number of fused-ring (bicyclic) bond motifs is 1. The van der Waals surface area contributed by atoms with Gasteiger partial charge in [-0.05, 0) is 25.0 Å². The molecule has 1 aliphatic carbocycles. The van der Waals surface area contributed by atoms with Crippen LogP contribution in [0.15, 0.2) is 36.4 Å². The number of nitrogens with one attached hydrogen (secondary N) is 1. The fraction of sp³-hybridized carbons (Fsp3) is 0.333. The van der Waals surface area contributed by atoms with Gasteiger partial charge in [0.1, 0.15) is 0 Å². The summed E-state index contributed by atoms with van der Waals surface area (Å²) in [5.41, 5.74) is 1.29. The smallest absolute Gasteiger partial charge is 0.242 e. The van der Waals surface area contributed by atoms with E-state index in [-0.39, 0.29) is 11.7 Å². The molecule has 1 unspecified atom stereocenters. The minimum atomic E-state index is -2.95. The average Bonchev–Trinajstić information content (AvgIpc) is 3.08. The first-order valence-electron chi connectivity index (χ1n) is 7.10. The molecule has 6 nitrogen and oxygen atoms in total. The van der Waals surface area contributed by atoms with Crippen molar-refractivity contribution in [2.45, 2.75) is 25.3 Å². The first-order valence-corrected chi connectivity index (χ1v) is 8.27. The summed E-state index contributed by atoms with van der Waals surface area (Å²) in [6, 6.07) is 3.46. The second-order valence-corrected chi connectivity index (χ2v) is 6.13. The number of rotatable bonds is 4. The van der Waals surface area contributed by atoms with Gasteiger partial charge in [0.25, 0.3) is 0 Å². The van der Waals surface area contributed by atoms with Crippen LogP contribution in [0, 0.1) is 5.92 Å². The van der Waals surface area contributed by atoms with E-state index in [1.165, 1.54) is 0 Å². The number of Topliss-reactive ketones (excluding diaryl/α,β-unsaturated/α-hetero) is 1. The van der Waals surface area contributed by atoms with Gasteiger partial charge in [-0.3, -0.25) is 14.3 Å². The van der Waals surface area contributed by atoms with Crippen molar-refractivity contribution in [1.82, 2.24) is 9.29 Å². The molecular formula is C15H16N2O4S. The number of carbonyl (C=O) groups excluding carboxylic acids is 2. The van der Waals surface area contributed by atoms with Crippen LogP contribution in [0.5, 0.6) is 0 Å².